The number of carboxylic acid groups (broad SMARTS) is 1. The number of esters is 1. The second kappa shape index (κ2) is 4.27. The first-order valence-corrected chi connectivity index (χ1v) is 4.15. The maximum Gasteiger partial charge on any atom is 0.340 e. The molecule has 0 aliphatic rings. The van der Waals surface area contributed by atoms with Crippen molar-refractivity contribution in [1.82, 2.24) is 0 Å². The van der Waals surface area contributed by atoms with Crippen LogP contribution in [0.15, 0.2) is 12.1 Å². The Bertz CT molecular complexity index is 430. The number of hydrogen-bond donors (Lipinski definition) is 1. The molecule has 0 amide bonds. The third-order valence-electron chi connectivity index (χ3n) is 1.69. The van der Waals surface area contributed by atoms with E-state index in [1.807, 2.05) is 0 Å². The standard InChI is InChI=1S/C9H6ClFO4/c1-15-9(14)5-2-4(8(12)13)6(10)3-7(5)11/h2-3H,1H3,(H,12,13). The van der Waals surface area contributed by atoms with Gasteiger partial charge in [-0.25, -0.2) is 14.0 Å². The van der Waals surface area contributed by atoms with Crippen LogP contribution in [0.5, 0.6) is 0 Å². The van der Waals surface area contributed by atoms with Crippen LogP contribution in [0, 0.1) is 5.82 Å². The van der Waals surface area contributed by atoms with Crippen molar-refractivity contribution in [2.75, 3.05) is 7.11 Å². The predicted molar refractivity (Wildman–Crippen MR) is 49.7 cm³/mol. The largest absolute Gasteiger partial charge is 0.478 e. The van der Waals surface area contributed by atoms with Crippen molar-refractivity contribution >= 4 is 23.5 Å². The van der Waals surface area contributed by atoms with Crippen molar-refractivity contribution in [1.29, 1.82) is 0 Å². The molecule has 6 heteroatoms. The Morgan fingerprint density at radius 3 is 2.47 bits per heavy atom. The lowest BCUT2D eigenvalue weighted by Crippen LogP contribution is -2.08. The number of methoxy groups -OCH3 is 1. The van der Waals surface area contributed by atoms with Gasteiger partial charge in [-0.3, -0.25) is 0 Å². The highest BCUT2D eigenvalue weighted by atomic mass is 35.5. The Labute approximate surface area is 89.2 Å². The van der Waals surface area contributed by atoms with Gasteiger partial charge in [-0.2, -0.15) is 0 Å². The minimum atomic E-state index is -1.34. The minimum absolute atomic E-state index is 0.271. The zero-order valence-corrected chi connectivity index (χ0v) is 8.34. The molecule has 0 radical (unpaired) electrons. The molecule has 0 saturated heterocycles. The fourth-order valence-electron chi connectivity index (χ4n) is 0.979. The molecular formula is C9H6ClFO4. The van der Waals surface area contributed by atoms with E-state index < -0.39 is 23.3 Å². The van der Waals surface area contributed by atoms with Gasteiger partial charge in [0.05, 0.1) is 23.3 Å². The van der Waals surface area contributed by atoms with Crippen molar-refractivity contribution in [2.24, 2.45) is 0 Å². The van der Waals surface area contributed by atoms with Crippen LogP contribution in [0.4, 0.5) is 4.39 Å². The number of rotatable bonds is 2. The van der Waals surface area contributed by atoms with Gasteiger partial charge < -0.3 is 9.84 Å². The number of halogens is 2. The number of ether oxygens (including phenoxy) is 1. The number of carbonyl (C=O) groups is 2. The fraction of sp³-hybridized carbons (Fsp3) is 0.111. The highest BCUT2D eigenvalue weighted by molar-refractivity contribution is 6.33. The Morgan fingerprint density at radius 1 is 1.40 bits per heavy atom. The summed E-state index contributed by atoms with van der Waals surface area (Å²) >= 11 is 5.47. The van der Waals surface area contributed by atoms with Gasteiger partial charge in [0.1, 0.15) is 5.82 Å². The maximum absolute atomic E-state index is 13.2. The predicted octanol–water partition coefficient (Wildman–Crippen LogP) is 1.96. The van der Waals surface area contributed by atoms with E-state index in [0.29, 0.717) is 0 Å². The second-order valence-corrected chi connectivity index (χ2v) is 3.02. The molecule has 0 saturated carbocycles. The summed E-state index contributed by atoms with van der Waals surface area (Å²) in [6.45, 7) is 0. The topological polar surface area (TPSA) is 63.6 Å². The molecule has 15 heavy (non-hydrogen) atoms. The Hall–Kier alpha value is -1.62. The number of carboxylic acids is 1. The van der Waals surface area contributed by atoms with Crippen molar-refractivity contribution in [3.05, 3.63) is 34.1 Å². The monoisotopic (exact) mass is 232 g/mol. The lowest BCUT2D eigenvalue weighted by molar-refractivity contribution is 0.0595. The molecule has 1 aromatic carbocycles. The molecule has 1 N–H and O–H groups in total. The van der Waals surface area contributed by atoms with Gasteiger partial charge in [-0.1, -0.05) is 11.6 Å². The molecule has 0 aliphatic carbocycles. The molecular weight excluding hydrogens is 227 g/mol. The van der Waals surface area contributed by atoms with Gasteiger partial charge in [0.2, 0.25) is 0 Å². The maximum atomic E-state index is 13.2. The Morgan fingerprint density at radius 2 is 2.00 bits per heavy atom. The zero-order chi connectivity index (χ0) is 11.6. The van der Waals surface area contributed by atoms with Gasteiger partial charge in [0, 0.05) is 0 Å². The minimum Gasteiger partial charge on any atom is -0.478 e. The summed E-state index contributed by atoms with van der Waals surface area (Å²) in [7, 11) is 1.07. The molecule has 0 aromatic heterocycles. The van der Waals surface area contributed by atoms with Crippen molar-refractivity contribution < 1.29 is 23.8 Å². The smallest absolute Gasteiger partial charge is 0.340 e. The van der Waals surface area contributed by atoms with Crippen molar-refractivity contribution in [3.63, 3.8) is 0 Å². The summed E-state index contributed by atoms with van der Waals surface area (Å²) in [5, 5.41) is 8.41. The van der Waals surface area contributed by atoms with Crippen LogP contribution in [0.25, 0.3) is 0 Å². The van der Waals surface area contributed by atoms with E-state index in [-0.39, 0.29) is 10.6 Å². The highest BCUT2D eigenvalue weighted by Gasteiger charge is 2.18. The number of carbonyl (C=O) groups excluding carboxylic acids is 1. The zero-order valence-electron chi connectivity index (χ0n) is 7.58. The quantitative estimate of drug-likeness (QED) is 0.792. The van der Waals surface area contributed by atoms with Crippen LogP contribution < -0.4 is 0 Å². The number of hydrogen-bond acceptors (Lipinski definition) is 3. The van der Waals surface area contributed by atoms with Crippen LogP contribution in [-0.2, 0) is 4.74 Å². The SMILES string of the molecule is COC(=O)c1cc(C(=O)O)c(Cl)cc1F. The van der Waals surface area contributed by atoms with Gasteiger partial charge in [-0.05, 0) is 12.1 Å². The molecule has 0 atom stereocenters. The summed E-state index contributed by atoms with van der Waals surface area (Å²) in [5.41, 5.74) is -0.808. The van der Waals surface area contributed by atoms with Gasteiger partial charge in [-0.15, -0.1) is 0 Å². The van der Waals surface area contributed by atoms with Crippen LogP contribution in [0.2, 0.25) is 5.02 Å². The van der Waals surface area contributed by atoms with Gasteiger partial charge in [0.15, 0.2) is 0 Å². The molecule has 1 aromatic rings. The molecule has 80 valence electrons. The number of aromatic carboxylic acids is 1. The summed E-state index contributed by atoms with van der Waals surface area (Å²) in [6.07, 6.45) is 0. The lowest BCUT2D eigenvalue weighted by Gasteiger charge is -2.04. The first kappa shape index (κ1) is 11.5. The summed E-state index contributed by atoms with van der Waals surface area (Å²) in [5.74, 6) is -3.21. The van der Waals surface area contributed by atoms with E-state index >= 15 is 0 Å². The Balaban J connectivity index is 3.36. The third kappa shape index (κ3) is 2.24. The van der Waals surface area contributed by atoms with Crippen LogP contribution in [0.1, 0.15) is 20.7 Å². The summed E-state index contributed by atoms with van der Waals surface area (Å²) < 4.78 is 17.4. The summed E-state index contributed by atoms with van der Waals surface area (Å²) in [6, 6.07) is 1.60. The first-order chi connectivity index (χ1) is 6.97. The van der Waals surface area contributed by atoms with E-state index in [4.69, 9.17) is 16.7 Å². The molecule has 0 spiro atoms. The Kier molecular flexibility index (Phi) is 3.26. The molecule has 4 nitrogen and oxygen atoms in total. The van der Waals surface area contributed by atoms with Gasteiger partial charge in [0.25, 0.3) is 0 Å². The molecule has 0 fully saturated rings. The average molecular weight is 233 g/mol. The molecule has 0 unspecified atom stereocenters. The first-order valence-electron chi connectivity index (χ1n) is 3.78. The second-order valence-electron chi connectivity index (χ2n) is 2.61. The molecule has 0 heterocycles. The highest BCUT2D eigenvalue weighted by Crippen LogP contribution is 2.21. The van der Waals surface area contributed by atoms with Crippen molar-refractivity contribution in [2.45, 2.75) is 0 Å². The number of benzene rings is 1. The van der Waals surface area contributed by atoms with Crippen molar-refractivity contribution in [3.8, 4) is 0 Å². The van der Waals surface area contributed by atoms with E-state index in [9.17, 15) is 14.0 Å². The van der Waals surface area contributed by atoms with E-state index in [1.54, 1.807) is 0 Å². The summed E-state index contributed by atoms with van der Waals surface area (Å²) in [4.78, 5) is 21.7. The van der Waals surface area contributed by atoms with E-state index in [2.05, 4.69) is 4.74 Å². The molecule has 0 aliphatic heterocycles. The van der Waals surface area contributed by atoms with Gasteiger partial charge >= 0.3 is 11.9 Å². The van der Waals surface area contributed by atoms with Crippen LogP contribution in [-0.4, -0.2) is 24.2 Å². The lowest BCUT2D eigenvalue weighted by atomic mass is 10.1. The average Bonchev–Trinajstić information content (AvgIpc) is 2.16. The van der Waals surface area contributed by atoms with Crippen LogP contribution in [0.3, 0.4) is 0 Å². The van der Waals surface area contributed by atoms with E-state index in [0.717, 1.165) is 19.2 Å². The third-order valence-corrected chi connectivity index (χ3v) is 2.01. The normalized spacial score (nSPS) is 9.80. The molecule has 0 bridgehead atoms. The fourth-order valence-corrected chi connectivity index (χ4v) is 1.21. The molecule has 1 rings (SSSR count). The van der Waals surface area contributed by atoms with E-state index in [1.165, 1.54) is 0 Å². The van der Waals surface area contributed by atoms with Crippen LogP contribution >= 0.6 is 11.6 Å².